The van der Waals surface area contributed by atoms with Crippen LogP contribution in [0.15, 0.2) is 18.2 Å². The van der Waals surface area contributed by atoms with E-state index in [1.54, 1.807) is 12.1 Å². The highest BCUT2D eigenvalue weighted by Crippen LogP contribution is 2.30. The number of thiazole rings is 1. The van der Waals surface area contributed by atoms with E-state index >= 15 is 0 Å². The first-order valence-corrected chi connectivity index (χ1v) is 6.77. The van der Waals surface area contributed by atoms with Gasteiger partial charge in [-0.05, 0) is 24.6 Å². The van der Waals surface area contributed by atoms with Crippen LogP contribution in [0.4, 0.5) is 10.8 Å². The van der Waals surface area contributed by atoms with Crippen LogP contribution in [0, 0.1) is 18.3 Å². The summed E-state index contributed by atoms with van der Waals surface area (Å²) in [5.74, 6) is -0.525. The molecule has 1 aromatic heterocycles. The number of hydrogen-bond donors (Lipinski definition) is 1. The van der Waals surface area contributed by atoms with Crippen molar-refractivity contribution in [2.45, 2.75) is 6.92 Å². The Kier molecular flexibility index (Phi) is 4.23. The van der Waals surface area contributed by atoms with Crippen molar-refractivity contribution >= 4 is 39.7 Å². The summed E-state index contributed by atoms with van der Waals surface area (Å²) in [6.07, 6.45) is 0. The Bertz CT molecular complexity index is 706. The topological polar surface area (TPSA) is 75.0 Å². The third-order valence-corrected chi connectivity index (χ3v) is 3.90. The van der Waals surface area contributed by atoms with Crippen molar-refractivity contribution < 1.29 is 9.53 Å². The standard InChI is InChI=1S/C13H10ClN3O2S/c1-7-3-4-8(6-15)5-9(7)16-13-17-11(14)10(20-13)12(18)19-2/h3-5H,1-2H3,(H,16,17). The maximum absolute atomic E-state index is 11.5. The van der Waals surface area contributed by atoms with Gasteiger partial charge in [0.1, 0.15) is 0 Å². The first-order valence-electron chi connectivity index (χ1n) is 5.57. The van der Waals surface area contributed by atoms with Gasteiger partial charge in [0.15, 0.2) is 15.2 Å². The van der Waals surface area contributed by atoms with Crippen LogP contribution in [0.25, 0.3) is 0 Å². The van der Waals surface area contributed by atoms with Crippen molar-refractivity contribution in [1.29, 1.82) is 5.26 Å². The lowest BCUT2D eigenvalue weighted by atomic mass is 10.1. The fourth-order valence-electron chi connectivity index (χ4n) is 1.52. The zero-order valence-corrected chi connectivity index (χ0v) is 12.3. The summed E-state index contributed by atoms with van der Waals surface area (Å²) in [5, 5.41) is 12.5. The van der Waals surface area contributed by atoms with Crippen LogP contribution >= 0.6 is 22.9 Å². The van der Waals surface area contributed by atoms with Gasteiger partial charge in [-0.25, -0.2) is 9.78 Å². The minimum atomic E-state index is -0.525. The normalized spacial score (nSPS) is 9.90. The molecule has 7 heteroatoms. The number of nitrogens with one attached hydrogen (secondary N) is 1. The lowest BCUT2D eigenvalue weighted by Crippen LogP contribution is -1.98. The van der Waals surface area contributed by atoms with Crippen molar-refractivity contribution in [3.8, 4) is 6.07 Å². The number of aryl methyl sites for hydroxylation is 1. The monoisotopic (exact) mass is 307 g/mol. The third kappa shape index (κ3) is 2.90. The molecule has 0 aliphatic heterocycles. The number of carbonyl (C=O) groups excluding carboxylic acids is 1. The van der Waals surface area contributed by atoms with Crippen LogP contribution in [0.5, 0.6) is 0 Å². The molecule has 0 fully saturated rings. The number of benzene rings is 1. The highest BCUT2D eigenvalue weighted by atomic mass is 35.5. The van der Waals surface area contributed by atoms with Crippen molar-refractivity contribution in [1.82, 2.24) is 4.98 Å². The Hall–Kier alpha value is -2.10. The van der Waals surface area contributed by atoms with E-state index in [0.29, 0.717) is 10.7 Å². The van der Waals surface area contributed by atoms with Crippen LogP contribution < -0.4 is 5.32 Å². The van der Waals surface area contributed by atoms with E-state index in [1.165, 1.54) is 7.11 Å². The highest BCUT2D eigenvalue weighted by Gasteiger charge is 2.17. The van der Waals surface area contributed by atoms with E-state index in [-0.39, 0.29) is 10.0 Å². The molecule has 0 unspecified atom stereocenters. The number of esters is 1. The number of nitriles is 1. The lowest BCUT2D eigenvalue weighted by Gasteiger charge is -2.06. The molecule has 0 aliphatic rings. The molecule has 0 radical (unpaired) electrons. The quantitative estimate of drug-likeness (QED) is 0.878. The predicted octanol–water partition coefficient (Wildman–Crippen LogP) is 3.51. The van der Waals surface area contributed by atoms with Gasteiger partial charge in [0.05, 0.1) is 18.7 Å². The molecule has 5 nitrogen and oxygen atoms in total. The maximum Gasteiger partial charge on any atom is 0.351 e. The van der Waals surface area contributed by atoms with Gasteiger partial charge < -0.3 is 10.1 Å². The summed E-state index contributed by atoms with van der Waals surface area (Å²) in [6, 6.07) is 7.34. The van der Waals surface area contributed by atoms with Gasteiger partial charge in [0.25, 0.3) is 0 Å². The van der Waals surface area contributed by atoms with Crippen LogP contribution in [-0.4, -0.2) is 18.1 Å². The molecule has 2 aromatic rings. The van der Waals surface area contributed by atoms with Crippen molar-refractivity contribution in [2.75, 3.05) is 12.4 Å². The Morgan fingerprint density at radius 3 is 2.95 bits per heavy atom. The van der Waals surface area contributed by atoms with Gasteiger partial charge >= 0.3 is 5.97 Å². The van der Waals surface area contributed by atoms with Gasteiger partial charge in [-0.2, -0.15) is 5.26 Å². The number of carbonyl (C=O) groups is 1. The summed E-state index contributed by atoms with van der Waals surface area (Å²) >= 11 is 6.99. The summed E-state index contributed by atoms with van der Waals surface area (Å²) in [7, 11) is 1.28. The Morgan fingerprint density at radius 2 is 2.30 bits per heavy atom. The molecule has 0 saturated carbocycles. The molecule has 1 N–H and O–H groups in total. The zero-order chi connectivity index (χ0) is 14.7. The number of nitrogens with zero attached hydrogens (tertiary/aromatic N) is 2. The van der Waals surface area contributed by atoms with Crippen LogP contribution in [0.2, 0.25) is 5.15 Å². The Morgan fingerprint density at radius 1 is 1.55 bits per heavy atom. The van der Waals surface area contributed by atoms with E-state index in [1.807, 2.05) is 13.0 Å². The second-order valence-corrected chi connectivity index (χ2v) is 5.25. The molecule has 0 saturated heterocycles. The average molecular weight is 308 g/mol. The summed E-state index contributed by atoms with van der Waals surface area (Å²) in [5.41, 5.74) is 2.23. The molecule has 0 bridgehead atoms. The number of rotatable bonds is 3. The molecule has 0 amide bonds. The molecular formula is C13H10ClN3O2S. The predicted molar refractivity (Wildman–Crippen MR) is 77.6 cm³/mol. The molecule has 2 rings (SSSR count). The van der Waals surface area contributed by atoms with Gasteiger partial charge in [0, 0.05) is 5.69 Å². The molecule has 1 aromatic carbocycles. The molecule has 102 valence electrons. The Balaban J connectivity index is 2.31. The molecular weight excluding hydrogens is 298 g/mol. The number of methoxy groups -OCH3 is 1. The van der Waals surface area contributed by atoms with Crippen molar-refractivity contribution in [2.24, 2.45) is 0 Å². The summed E-state index contributed by atoms with van der Waals surface area (Å²) in [6.45, 7) is 1.90. The second-order valence-electron chi connectivity index (χ2n) is 3.90. The van der Waals surface area contributed by atoms with Gasteiger partial charge in [-0.1, -0.05) is 29.0 Å². The Labute approximate surface area is 124 Å². The van der Waals surface area contributed by atoms with Crippen molar-refractivity contribution in [3.05, 3.63) is 39.4 Å². The van der Waals surface area contributed by atoms with Crippen LogP contribution in [-0.2, 0) is 4.74 Å². The molecule has 0 aliphatic carbocycles. The molecule has 20 heavy (non-hydrogen) atoms. The van der Waals surface area contributed by atoms with E-state index < -0.39 is 5.97 Å². The van der Waals surface area contributed by atoms with E-state index in [4.69, 9.17) is 16.9 Å². The van der Waals surface area contributed by atoms with Gasteiger partial charge in [-0.3, -0.25) is 0 Å². The second kappa shape index (κ2) is 5.90. The minimum Gasteiger partial charge on any atom is -0.465 e. The number of ether oxygens (including phenoxy) is 1. The SMILES string of the molecule is COC(=O)c1sc(Nc2cc(C#N)ccc2C)nc1Cl. The highest BCUT2D eigenvalue weighted by molar-refractivity contribution is 7.18. The zero-order valence-electron chi connectivity index (χ0n) is 10.7. The van der Waals surface area contributed by atoms with Gasteiger partial charge in [-0.15, -0.1) is 0 Å². The van der Waals surface area contributed by atoms with E-state index in [0.717, 1.165) is 22.6 Å². The number of halogens is 1. The van der Waals surface area contributed by atoms with Crippen molar-refractivity contribution in [3.63, 3.8) is 0 Å². The number of hydrogen-bond acceptors (Lipinski definition) is 6. The van der Waals surface area contributed by atoms with Crippen LogP contribution in [0.1, 0.15) is 20.8 Å². The van der Waals surface area contributed by atoms with E-state index in [2.05, 4.69) is 21.1 Å². The third-order valence-electron chi connectivity index (χ3n) is 2.56. The maximum atomic E-state index is 11.5. The fraction of sp³-hybridized carbons (Fsp3) is 0.154. The largest absolute Gasteiger partial charge is 0.465 e. The van der Waals surface area contributed by atoms with Gasteiger partial charge in [0.2, 0.25) is 0 Å². The number of anilines is 2. The lowest BCUT2D eigenvalue weighted by molar-refractivity contribution is 0.0606. The van der Waals surface area contributed by atoms with E-state index in [9.17, 15) is 4.79 Å². The smallest absolute Gasteiger partial charge is 0.351 e. The first kappa shape index (κ1) is 14.3. The first-order chi connectivity index (χ1) is 9.55. The summed E-state index contributed by atoms with van der Waals surface area (Å²) in [4.78, 5) is 15.8. The van der Waals surface area contributed by atoms with Crippen LogP contribution in [0.3, 0.4) is 0 Å². The average Bonchev–Trinajstić information content (AvgIpc) is 2.81. The summed E-state index contributed by atoms with van der Waals surface area (Å²) < 4.78 is 4.62. The molecule has 0 spiro atoms. The fourth-order valence-corrected chi connectivity index (χ4v) is 2.63. The minimum absolute atomic E-state index is 0.0958. The molecule has 1 heterocycles. The number of aromatic nitrogens is 1. The molecule has 0 atom stereocenters.